The highest BCUT2D eigenvalue weighted by Gasteiger charge is 2.31. The normalized spacial score (nSPS) is 25.2. The van der Waals surface area contributed by atoms with Crippen LogP contribution in [0.4, 0.5) is 5.69 Å². The minimum absolute atomic E-state index is 0.124. The van der Waals surface area contributed by atoms with Gasteiger partial charge in [-0.2, -0.15) is 0 Å². The number of carbonyl (C=O) groups is 1. The van der Waals surface area contributed by atoms with Crippen molar-refractivity contribution in [2.75, 3.05) is 11.4 Å². The minimum Gasteiger partial charge on any atom is -0.367 e. The van der Waals surface area contributed by atoms with Crippen LogP contribution < -0.4 is 4.90 Å². The first-order valence-electron chi connectivity index (χ1n) is 5.75. The number of nitrogens with zero attached hydrogens (tertiary/aromatic N) is 1. The van der Waals surface area contributed by atoms with Gasteiger partial charge in [-0.1, -0.05) is 22.9 Å². The molecule has 2 rings (SSSR count). The lowest BCUT2D eigenvalue weighted by atomic mass is 9.90. The fourth-order valence-electron chi connectivity index (χ4n) is 2.25. The van der Waals surface area contributed by atoms with E-state index in [0.29, 0.717) is 12.2 Å². The molecule has 0 N–H and O–H groups in total. The summed E-state index contributed by atoms with van der Waals surface area (Å²) in [4.78, 5) is 14.0. The fourth-order valence-corrected chi connectivity index (χ4v) is 3.24. The van der Waals surface area contributed by atoms with E-state index in [-0.39, 0.29) is 12.0 Å². The average molecular weight is 408 g/mol. The first-order valence-corrected chi connectivity index (χ1v) is 7.62. The number of hydrogen-bond acceptors (Lipinski definition) is 2. The SMILES string of the molecule is CC1C(=O)CCN(c2cc(Br)ccc2I)C1C. The molecule has 2 nitrogen and oxygen atoms in total. The highest BCUT2D eigenvalue weighted by atomic mass is 127. The molecule has 1 aromatic rings. The zero-order valence-electron chi connectivity index (χ0n) is 9.91. The molecule has 2 unspecified atom stereocenters. The maximum Gasteiger partial charge on any atom is 0.139 e. The molecule has 0 radical (unpaired) electrons. The zero-order chi connectivity index (χ0) is 12.6. The highest BCUT2D eigenvalue weighted by Crippen LogP contribution is 2.32. The second kappa shape index (κ2) is 5.26. The van der Waals surface area contributed by atoms with Crippen LogP contribution >= 0.6 is 38.5 Å². The van der Waals surface area contributed by atoms with Crippen molar-refractivity contribution in [2.45, 2.75) is 26.3 Å². The molecule has 1 aromatic carbocycles. The molecule has 0 saturated carbocycles. The van der Waals surface area contributed by atoms with Crippen LogP contribution in [0.3, 0.4) is 0 Å². The van der Waals surface area contributed by atoms with Crippen molar-refractivity contribution in [2.24, 2.45) is 5.92 Å². The summed E-state index contributed by atoms with van der Waals surface area (Å²) in [6.07, 6.45) is 0.661. The smallest absolute Gasteiger partial charge is 0.139 e. The Kier molecular flexibility index (Phi) is 4.13. The van der Waals surface area contributed by atoms with Gasteiger partial charge in [-0.25, -0.2) is 0 Å². The van der Waals surface area contributed by atoms with E-state index in [1.807, 2.05) is 6.92 Å². The molecular weight excluding hydrogens is 393 g/mol. The summed E-state index contributed by atoms with van der Waals surface area (Å²) in [7, 11) is 0. The zero-order valence-corrected chi connectivity index (χ0v) is 13.7. The lowest BCUT2D eigenvalue weighted by Gasteiger charge is -2.39. The standard InChI is InChI=1S/C13H15BrINO/c1-8-9(2)16(6-5-13(8)17)12-7-10(14)3-4-11(12)15/h3-4,7-9H,5-6H2,1-2H3. The number of anilines is 1. The molecule has 2 atom stereocenters. The van der Waals surface area contributed by atoms with Gasteiger partial charge in [-0.05, 0) is 47.7 Å². The van der Waals surface area contributed by atoms with Gasteiger partial charge in [0.15, 0.2) is 0 Å². The summed E-state index contributed by atoms with van der Waals surface area (Å²) in [6.45, 7) is 5.00. The topological polar surface area (TPSA) is 20.3 Å². The van der Waals surface area contributed by atoms with Gasteiger partial charge < -0.3 is 4.90 Å². The van der Waals surface area contributed by atoms with Gasteiger partial charge in [0.2, 0.25) is 0 Å². The predicted octanol–water partition coefficient (Wildman–Crippen LogP) is 3.86. The minimum atomic E-state index is 0.124. The number of piperidine rings is 1. The van der Waals surface area contributed by atoms with Gasteiger partial charge in [0.1, 0.15) is 5.78 Å². The monoisotopic (exact) mass is 407 g/mol. The van der Waals surface area contributed by atoms with Crippen LogP contribution in [0.5, 0.6) is 0 Å². The summed E-state index contributed by atoms with van der Waals surface area (Å²) in [5.41, 5.74) is 1.23. The molecule has 92 valence electrons. The summed E-state index contributed by atoms with van der Waals surface area (Å²) in [5.74, 6) is 0.511. The second-order valence-corrected chi connectivity index (χ2v) is 6.61. The Hall–Kier alpha value is -0.100. The number of rotatable bonds is 1. The third kappa shape index (κ3) is 2.67. The Morgan fingerprint density at radius 2 is 2.12 bits per heavy atom. The van der Waals surface area contributed by atoms with Gasteiger partial charge in [-0.3, -0.25) is 4.79 Å². The van der Waals surface area contributed by atoms with Crippen molar-refractivity contribution in [3.05, 3.63) is 26.2 Å². The lowest BCUT2D eigenvalue weighted by molar-refractivity contribution is -0.123. The van der Waals surface area contributed by atoms with Crippen LogP contribution in [0, 0.1) is 9.49 Å². The van der Waals surface area contributed by atoms with Crippen molar-refractivity contribution < 1.29 is 4.79 Å². The first kappa shape index (κ1) is 13.3. The van der Waals surface area contributed by atoms with Crippen LogP contribution in [-0.2, 0) is 4.79 Å². The van der Waals surface area contributed by atoms with Crippen molar-refractivity contribution in [3.63, 3.8) is 0 Å². The van der Waals surface area contributed by atoms with E-state index < -0.39 is 0 Å². The fraction of sp³-hybridized carbons (Fsp3) is 0.462. The largest absolute Gasteiger partial charge is 0.367 e. The summed E-state index contributed by atoms with van der Waals surface area (Å²) < 4.78 is 2.32. The van der Waals surface area contributed by atoms with Gasteiger partial charge in [0.25, 0.3) is 0 Å². The van der Waals surface area contributed by atoms with E-state index in [0.717, 1.165) is 11.0 Å². The van der Waals surface area contributed by atoms with Crippen molar-refractivity contribution in [3.8, 4) is 0 Å². The molecule has 0 aliphatic carbocycles. The molecule has 1 aliphatic heterocycles. The highest BCUT2D eigenvalue weighted by molar-refractivity contribution is 14.1. The molecule has 1 fully saturated rings. The lowest BCUT2D eigenvalue weighted by Crippen LogP contribution is -2.47. The van der Waals surface area contributed by atoms with Crippen LogP contribution in [-0.4, -0.2) is 18.4 Å². The van der Waals surface area contributed by atoms with Crippen molar-refractivity contribution in [1.82, 2.24) is 0 Å². The van der Waals surface area contributed by atoms with E-state index in [1.165, 1.54) is 9.26 Å². The molecule has 4 heteroatoms. The van der Waals surface area contributed by atoms with Crippen LogP contribution in [0.1, 0.15) is 20.3 Å². The maximum atomic E-state index is 11.7. The Bertz CT molecular complexity index is 449. The number of ketones is 1. The number of hydrogen-bond donors (Lipinski definition) is 0. The molecule has 0 bridgehead atoms. The number of Topliss-reactive ketones (excluding diaryl/α,β-unsaturated/α-hetero) is 1. The Morgan fingerprint density at radius 1 is 1.41 bits per heavy atom. The van der Waals surface area contributed by atoms with Gasteiger partial charge in [-0.15, -0.1) is 0 Å². The van der Waals surface area contributed by atoms with Gasteiger partial charge in [0.05, 0.1) is 5.69 Å². The van der Waals surface area contributed by atoms with E-state index in [1.54, 1.807) is 0 Å². The quantitative estimate of drug-likeness (QED) is 0.659. The van der Waals surface area contributed by atoms with Crippen LogP contribution in [0.2, 0.25) is 0 Å². The molecule has 1 heterocycles. The average Bonchev–Trinajstić information content (AvgIpc) is 2.30. The predicted molar refractivity (Wildman–Crippen MR) is 82.5 cm³/mol. The third-order valence-electron chi connectivity index (χ3n) is 3.54. The van der Waals surface area contributed by atoms with Crippen molar-refractivity contribution >= 4 is 50.0 Å². The molecule has 1 aliphatic rings. The second-order valence-electron chi connectivity index (χ2n) is 4.53. The van der Waals surface area contributed by atoms with Gasteiger partial charge >= 0.3 is 0 Å². The van der Waals surface area contributed by atoms with Crippen molar-refractivity contribution in [1.29, 1.82) is 0 Å². The first-order chi connectivity index (χ1) is 8.00. The summed E-state index contributed by atoms with van der Waals surface area (Å²) in [6, 6.07) is 6.57. The number of benzene rings is 1. The summed E-state index contributed by atoms with van der Waals surface area (Å²) >= 11 is 5.87. The maximum absolute atomic E-state index is 11.7. The number of carbonyl (C=O) groups excluding carboxylic acids is 1. The number of halogens is 2. The molecule has 17 heavy (non-hydrogen) atoms. The third-order valence-corrected chi connectivity index (χ3v) is 4.95. The Balaban J connectivity index is 2.33. The van der Waals surface area contributed by atoms with Crippen LogP contribution in [0.25, 0.3) is 0 Å². The van der Waals surface area contributed by atoms with Crippen LogP contribution in [0.15, 0.2) is 22.7 Å². The van der Waals surface area contributed by atoms with E-state index in [2.05, 4.69) is 68.5 Å². The summed E-state index contributed by atoms with van der Waals surface area (Å²) in [5, 5.41) is 0. The van der Waals surface area contributed by atoms with Gasteiger partial charge in [0, 0.05) is 33.0 Å². The molecule has 0 aromatic heterocycles. The Morgan fingerprint density at radius 3 is 2.82 bits per heavy atom. The Labute approximate surface area is 124 Å². The van der Waals surface area contributed by atoms with E-state index in [4.69, 9.17) is 0 Å². The molecule has 0 amide bonds. The van der Waals surface area contributed by atoms with E-state index in [9.17, 15) is 4.79 Å². The molecule has 0 spiro atoms. The molecular formula is C13H15BrINO. The van der Waals surface area contributed by atoms with E-state index >= 15 is 0 Å². The molecule has 1 saturated heterocycles.